The van der Waals surface area contributed by atoms with E-state index in [2.05, 4.69) is 80.5 Å². The molecule has 10 aromatic rings. The molecule has 502 valence electrons. The van der Waals surface area contributed by atoms with E-state index in [0.717, 1.165) is 158 Å². The van der Waals surface area contributed by atoms with E-state index in [1.807, 2.05) is 38.8 Å². The van der Waals surface area contributed by atoms with Gasteiger partial charge in [-0.25, -0.2) is 44.7 Å². The van der Waals surface area contributed by atoms with Crippen molar-refractivity contribution in [2.75, 3.05) is 115 Å². The first-order chi connectivity index (χ1) is 46.6. The van der Waals surface area contributed by atoms with Gasteiger partial charge in [-0.1, -0.05) is 46.4 Å². The Morgan fingerprint density at radius 3 is 1.25 bits per heavy atom. The fourth-order valence-electron chi connectivity index (χ4n) is 9.47. The third-order valence-electron chi connectivity index (χ3n) is 14.5. The van der Waals surface area contributed by atoms with Crippen LogP contribution >= 0.6 is 46.4 Å². The van der Waals surface area contributed by atoms with Crippen LogP contribution in [0.3, 0.4) is 0 Å². The molecule has 0 saturated carbocycles. The van der Waals surface area contributed by atoms with E-state index in [1.54, 1.807) is 79.1 Å². The number of nitrogens with two attached hydrogens (primary N) is 1. The molecule has 26 nitrogen and oxygen atoms in total. The average Bonchev–Trinajstić information content (AvgIpc) is 1.53. The van der Waals surface area contributed by atoms with Gasteiger partial charge in [0.2, 0.25) is 11.8 Å². The second kappa shape index (κ2) is 35.1. The minimum atomic E-state index is -4.64. The van der Waals surface area contributed by atoms with E-state index in [9.17, 15) is 18.0 Å². The van der Waals surface area contributed by atoms with Gasteiger partial charge in [0.25, 0.3) is 0 Å². The Balaban J connectivity index is 0.000000156. The van der Waals surface area contributed by atoms with Crippen molar-refractivity contribution in [3.63, 3.8) is 0 Å². The quantitative estimate of drug-likeness (QED) is 0.0532. The zero-order valence-electron chi connectivity index (χ0n) is 51.4. The maximum atomic E-state index is 13.1. The van der Waals surface area contributed by atoms with Gasteiger partial charge < -0.3 is 40.1 Å². The first-order valence-corrected chi connectivity index (χ1v) is 31.6. The maximum Gasteiger partial charge on any atom is 0.417 e. The molecule has 3 aliphatic rings. The minimum Gasteiger partial charge on any atom is -0.439 e. The van der Waals surface area contributed by atoms with Crippen LogP contribution in [0.15, 0.2) is 153 Å². The third kappa shape index (κ3) is 22.3. The number of amides is 2. The fourth-order valence-corrected chi connectivity index (χ4v) is 10.2. The molecule has 0 atom stereocenters. The molecule has 10 heterocycles. The molecule has 0 aliphatic carbocycles. The molecule has 96 heavy (non-hydrogen) atoms. The SMILES string of the molecule is Clc1cc(-c2cnn(CCN3CCOCC3)c2)ncn1.Clc1cc(Cl)ncn1.Nc1ccc(Oc2cc(-c3cnn(CCN4CCOCC4)c3)ncn2)cc1.O=C(Nc1ccc(Oc2cc(-c3cnn(CCN4CCOCC4)c3)ncn2)cc1)Nc1ccc(Cl)c(C(F)(F)F)c1. The molecular formula is C63H65Cl4F3N20O6. The summed E-state index contributed by atoms with van der Waals surface area (Å²) in [6.07, 6.45) is 12.3. The number of aromatic nitrogens is 14. The monoisotopic (exact) mass is 1390 g/mol. The van der Waals surface area contributed by atoms with Crippen molar-refractivity contribution in [2.45, 2.75) is 25.8 Å². The summed E-state index contributed by atoms with van der Waals surface area (Å²) in [5.41, 5.74) is 10.6. The largest absolute Gasteiger partial charge is 0.439 e. The number of hydrogen-bond acceptors (Lipinski definition) is 21. The summed E-state index contributed by atoms with van der Waals surface area (Å²) in [5.74, 6) is 1.92. The number of alkyl halides is 3. The van der Waals surface area contributed by atoms with Crippen molar-refractivity contribution in [3.8, 4) is 57.0 Å². The van der Waals surface area contributed by atoms with Gasteiger partial charge in [-0.15, -0.1) is 0 Å². The van der Waals surface area contributed by atoms with Crippen molar-refractivity contribution in [1.82, 2.24) is 83.9 Å². The third-order valence-corrected chi connectivity index (χ3v) is 15.5. The summed E-state index contributed by atoms with van der Waals surface area (Å²) in [7, 11) is 0. The van der Waals surface area contributed by atoms with Crippen molar-refractivity contribution in [3.05, 3.63) is 180 Å². The Morgan fingerprint density at radius 1 is 0.469 bits per heavy atom. The highest BCUT2D eigenvalue weighted by Gasteiger charge is 2.33. The normalized spacial score (nSPS) is 14.4. The number of ether oxygens (including phenoxy) is 5. The number of nitrogen functional groups attached to an aromatic ring is 1. The lowest BCUT2D eigenvalue weighted by Crippen LogP contribution is -2.38. The lowest BCUT2D eigenvalue weighted by atomic mass is 10.2. The average molecular weight is 1400 g/mol. The molecule has 4 N–H and O–H groups in total. The molecule has 33 heteroatoms. The van der Waals surface area contributed by atoms with Gasteiger partial charge in [-0.3, -0.25) is 28.7 Å². The van der Waals surface area contributed by atoms with E-state index in [0.29, 0.717) is 55.8 Å². The van der Waals surface area contributed by atoms with E-state index in [1.165, 1.54) is 37.4 Å². The highest BCUT2D eigenvalue weighted by Crippen LogP contribution is 2.36. The number of hydrogen-bond donors (Lipinski definition) is 3. The zero-order chi connectivity index (χ0) is 67.1. The second-order valence-electron chi connectivity index (χ2n) is 21.3. The Morgan fingerprint density at radius 2 is 0.844 bits per heavy atom. The Bertz CT molecular complexity index is 4050. The molecule has 0 bridgehead atoms. The Kier molecular flexibility index (Phi) is 25.5. The molecule has 3 aromatic carbocycles. The molecule has 13 rings (SSSR count). The van der Waals surface area contributed by atoms with Gasteiger partial charge in [-0.05, 0) is 66.7 Å². The van der Waals surface area contributed by atoms with Crippen LogP contribution in [0.4, 0.5) is 35.0 Å². The van der Waals surface area contributed by atoms with Crippen LogP contribution in [-0.2, 0) is 40.0 Å². The molecule has 0 radical (unpaired) electrons. The number of urea groups is 1. The minimum absolute atomic E-state index is 0.0543. The van der Waals surface area contributed by atoms with E-state index in [4.69, 9.17) is 75.8 Å². The van der Waals surface area contributed by atoms with Crippen LogP contribution in [0, 0.1) is 0 Å². The predicted molar refractivity (Wildman–Crippen MR) is 355 cm³/mol. The maximum absolute atomic E-state index is 13.1. The number of anilines is 3. The summed E-state index contributed by atoms with van der Waals surface area (Å²) in [5, 5.41) is 18.9. The number of benzene rings is 3. The number of halogens is 7. The summed E-state index contributed by atoms with van der Waals surface area (Å²) in [4.78, 5) is 51.7. The highest BCUT2D eigenvalue weighted by atomic mass is 35.5. The number of nitrogens with one attached hydrogen (secondary N) is 2. The molecule has 0 unspecified atom stereocenters. The Hall–Kier alpha value is -9.01. The highest BCUT2D eigenvalue weighted by molar-refractivity contribution is 6.33. The number of rotatable bonds is 18. The van der Waals surface area contributed by atoms with Crippen molar-refractivity contribution in [2.24, 2.45) is 0 Å². The number of nitrogens with zero attached hydrogens (tertiary/aromatic N) is 17. The molecule has 3 fully saturated rings. The fraction of sp³-hybridized carbons (Fsp3) is 0.302. The number of morpholine rings is 3. The molecule has 7 aromatic heterocycles. The second-order valence-corrected chi connectivity index (χ2v) is 22.8. The van der Waals surface area contributed by atoms with E-state index in [-0.39, 0.29) is 5.69 Å². The predicted octanol–water partition coefficient (Wildman–Crippen LogP) is 10.9. The topological polar surface area (TPSA) is 280 Å². The molecule has 3 saturated heterocycles. The van der Waals surface area contributed by atoms with Crippen LogP contribution in [0.25, 0.3) is 33.8 Å². The summed E-state index contributed by atoms with van der Waals surface area (Å²) < 4.78 is 72.6. The summed E-state index contributed by atoms with van der Waals surface area (Å²) in [6, 6.07) is 22.7. The van der Waals surface area contributed by atoms with Crippen LogP contribution < -0.4 is 25.8 Å². The number of carbonyl (C=O) groups is 1. The standard InChI is InChI=1S/C27H25ClF3N7O3.C19H22N6O2.C13H16ClN5O.C4H2Cl2N2/c28-23-6-3-20(13-22(23)27(29,30)31)36-26(39)35-19-1-4-21(5-2-19)41-25-14-24(32-17-33-25)18-15-34-38(16-18)8-7-37-9-11-40-12-10-37;20-16-1-3-17(4-2-16)27-19-11-18(21-14-22-19)15-12-23-25(13-15)6-5-24-7-9-26-10-8-24;14-13-7-12(15-10-16-13)11-8-17-19(9-11)2-1-18-3-5-20-6-4-18;5-3-1-4(6)8-2-7-3/h1-6,13-17H,7-12H2,(H2,35,36,39);1-4,11-14H,5-10,20H2;7-10H,1-6H2;1-2H. The molecule has 2 amide bonds. The van der Waals surface area contributed by atoms with Crippen molar-refractivity contribution < 1.29 is 41.7 Å². The first-order valence-electron chi connectivity index (χ1n) is 30.1. The zero-order valence-corrected chi connectivity index (χ0v) is 54.5. The van der Waals surface area contributed by atoms with Gasteiger partial charge in [0.15, 0.2) is 0 Å². The lowest BCUT2D eigenvalue weighted by Gasteiger charge is -2.26. The van der Waals surface area contributed by atoms with Crippen molar-refractivity contribution in [1.29, 1.82) is 0 Å². The number of carbonyl (C=O) groups excluding carboxylic acids is 1. The van der Waals surface area contributed by atoms with Crippen LogP contribution in [0.1, 0.15) is 5.56 Å². The molecule has 0 spiro atoms. The van der Waals surface area contributed by atoms with Crippen LogP contribution in [0.2, 0.25) is 20.5 Å². The van der Waals surface area contributed by atoms with Gasteiger partial charge in [0, 0.05) is 136 Å². The smallest absolute Gasteiger partial charge is 0.417 e. The molecule has 3 aliphatic heterocycles. The van der Waals surface area contributed by atoms with Crippen LogP contribution in [-0.4, -0.2) is 188 Å². The van der Waals surface area contributed by atoms with Gasteiger partial charge in [0.05, 0.1) is 106 Å². The van der Waals surface area contributed by atoms with E-state index < -0.39 is 22.8 Å². The molecular weight excluding hydrogens is 1330 g/mol. The van der Waals surface area contributed by atoms with E-state index >= 15 is 0 Å². The van der Waals surface area contributed by atoms with Crippen LogP contribution in [0.5, 0.6) is 23.3 Å². The van der Waals surface area contributed by atoms with Gasteiger partial charge in [0.1, 0.15) is 52.3 Å². The van der Waals surface area contributed by atoms with Gasteiger partial charge in [-0.2, -0.15) is 28.5 Å². The van der Waals surface area contributed by atoms with Crippen molar-refractivity contribution >= 4 is 69.5 Å². The first kappa shape index (κ1) is 69.8. The summed E-state index contributed by atoms with van der Waals surface area (Å²) >= 11 is 22.3. The summed E-state index contributed by atoms with van der Waals surface area (Å²) in [6.45, 7) is 15.8. The lowest BCUT2D eigenvalue weighted by molar-refractivity contribution is -0.137. The van der Waals surface area contributed by atoms with Gasteiger partial charge >= 0.3 is 12.2 Å². The Labute approximate surface area is 569 Å².